The Morgan fingerprint density at radius 2 is 2.00 bits per heavy atom. The van der Waals surface area contributed by atoms with E-state index in [0.29, 0.717) is 30.2 Å². The molecule has 1 aliphatic rings. The first-order chi connectivity index (χ1) is 12.5. The molecular formula is C18H20ClN3O3S. The lowest BCUT2D eigenvalue weighted by molar-refractivity contribution is 0.0691. The predicted molar refractivity (Wildman–Crippen MR) is 99.5 cm³/mol. The molecule has 8 heteroatoms. The summed E-state index contributed by atoms with van der Waals surface area (Å²) in [6.07, 6.45) is 4.71. The second kappa shape index (κ2) is 8.16. The van der Waals surface area contributed by atoms with Crippen molar-refractivity contribution in [3.05, 3.63) is 59.4 Å². The maximum absolute atomic E-state index is 12.4. The Kier molecular flexibility index (Phi) is 5.90. The second-order valence-corrected chi connectivity index (χ2v) is 8.49. The van der Waals surface area contributed by atoms with Crippen LogP contribution in [0.2, 0.25) is 5.02 Å². The Hall–Kier alpha value is -1.96. The fraction of sp³-hybridized carbons (Fsp3) is 0.333. The number of pyridine rings is 1. The van der Waals surface area contributed by atoms with Crippen molar-refractivity contribution >= 4 is 27.5 Å². The van der Waals surface area contributed by atoms with Gasteiger partial charge in [0.05, 0.1) is 10.5 Å². The van der Waals surface area contributed by atoms with Crippen molar-refractivity contribution < 1.29 is 13.2 Å². The van der Waals surface area contributed by atoms with Gasteiger partial charge in [0.1, 0.15) is 0 Å². The van der Waals surface area contributed by atoms with E-state index in [0.717, 1.165) is 12.8 Å². The van der Waals surface area contributed by atoms with Crippen LogP contribution in [0, 0.1) is 5.92 Å². The average molecular weight is 394 g/mol. The molecule has 1 amide bonds. The van der Waals surface area contributed by atoms with Gasteiger partial charge in [0.25, 0.3) is 5.91 Å². The molecule has 26 heavy (non-hydrogen) atoms. The highest BCUT2D eigenvalue weighted by molar-refractivity contribution is 7.89. The Balaban J connectivity index is 1.52. The summed E-state index contributed by atoms with van der Waals surface area (Å²) in [5, 5.41) is 0.384. The van der Waals surface area contributed by atoms with Crippen LogP contribution < -0.4 is 4.72 Å². The van der Waals surface area contributed by atoms with Crippen LogP contribution in [0.1, 0.15) is 23.2 Å². The van der Waals surface area contributed by atoms with Gasteiger partial charge in [0.15, 0.2) is 0 Å². The van der Waals surface area contributed by atoms with Gasteiger partial charge in [-0.3, -0.25) is 9.78 Å². The first-order valence-corrected chi connectivity index (χ1v) is 10.3. The number of nitrogens with zero attached hydrogens (tertiary/aromatic N) is 2. The summed E-state index contributed by atoms with van der Waals surface area (Å²) < 4.78 is 27.3. The van der Waals surface area contributed by atoms with Gasteiger partial charge in [-0.05, 0) is 49.1 Å². The zero-order chi connectivity index (χ0) is 18.6. The van der Waals surface area contributed by atoms with E-state index in [1.165, 1.54) is 12.1 Å². The van der Waals surface area contributed by atoms with E-state index in [4.69, 9.17) is 11.6 Å². The van der Waals surface area contributed by atoms with E-state index >= 15 is 0 Å². The third-order valence-electron chi connectivity index (χ3n) is 4.48. The molecule has 0 atom stereocenters. The number of amides is 1. The monoisotopic (exact) mass is 393 g/mol. The Labute approximate surface area is 158 Å². The number of nitrogens with one attached hydrogen (secondary N) is 1. The van der Waals surface area contributed by atoms with E-state index in [9.17, 15) is 13.2 Å². The molecule has 3 rings (SSSR count). The van der Waals surface area contributed by atoms with Crippen molar-refractivity contribution in [3.63, 3.8) is 0 Å². The highest BCUT2D eigenvalue weighted by Gasteiger charge is 2.25. The molecule has 1 saturated heterocycles. The van der Waals surface area contributed by atoms with Gasteiger partial charge in [-0.1, -0.05) is 17.7 Å². The summed E-state index contributed by atoms with van der Waals surface area (Å²) in [5.41, 5.74) is 0.576. The third-order valence-corrected chi connectivity index (χ3v) is 6.13. The molecule has 0 aliphatic carbocycles. The van der Waals surface area contributed by atoms with Crippen LogP contribution in [0.4, 0.5) is 0 Å². The van der Waals surface area contributed by atoms with E-state index in [1.54, 1.807) is 41.6 Å². The standard InChI is InChI=1S/C18H20ClN3O3S/c19-16-4-1-5-17(11-16)26(24,25)21-12-14-6-9-22(10-7-14)18(23)15-3-2-8-20-13-15/h1-5,8,11,13-14,21H,6-7,9-10,12H2. The number of hydrogen-bond donors (Lipinski definition) is 1. The van der Waals surface area contributed by atoms with Gasteiger partial charge in [0.2, 0.25) is 10.0 Å². The maximum Gasteiger partial charge on any atom is 0.255 e. The number of benzene rings is 1. The van der Waals surface area contributed by atoms with Crippen molar-refractivity contribution in [1.82, 2.24) is 14.6 Å². The lowest BCUT2D eigenvalue weighted by Gasteiger charge is -2.32. The molecule has 6 nitrogen and oxygen atoms in total. The maximum atomic E-state index is 12.4. The molecule has 0 spiro atoms. The summed E-state index contributed by atoms with van der Waals surface area (Å²) in [6.45, 7) is 1.57. The highest BCUT2D eigenvalue weighted by Crippen LogP contribution is 2.20. The van der Waals surface area contributed by atoms with Crippen molar-refractivity contribution in [2.75, 3.05) is 19.6 Å². The summed E-state index contributed by atoms with van der Waals surface area (Å²) in [7, 11) is -3.58. The summed E-state index contributed by atoms with van der Waals surface area (Å²) in [5.74, 6) is 0.165. The Morgan fingerprint density at radius 1 is 1.23 bits per heavy atom. The van der Waals surface area contributed by atoms with Crippen molar-refractivity contribution in [3.8, 4) is 0 Å². The molecule has 2 heterocycles. The molecule has 2 aromatic rings. The quantitative estimate of drug-likeness (QED) is 0.846. The van der Waals surface area contributed by atoms with E-state index in [1.807, 2.05) is 0 Å². The van der Waals surface area contributed by atoms with E-state index < -0.39 is 10.0 Å². The van der Waals surface area contributed by atoms with Crippen molar-refractivity contribution in [1.29, 1.82) is 0 Å². The van der Waals surface area contributed by atoms with E-state index in [2.05, 4.69) is 9.71 Å². The highest BCUT2D eigenvalue weighted by atomic mass is 35.5. The number of sulfonamides is 1. The third kappa shape index (κ3) is 4.60. The van der Waals surface area contributed by atoms with Gasteiger partial charge in [0, 0.05) is 37.1 Å². The number of hydrogen-bond acceptors (Lipinski definition) is 4. The smallest absolute Gasteiger partial charge is 0.255 e. The fourth-order valence-electron chi connectivity index (χ4n) is 2.96. The van der Waals surface area contributed by atoms with Crippen LogP contribution in [0.3, 0.4) is 0 Å². The summed E-state index contributed by atoms with van der Waals surface area (Å²) >= 11 is 5.86. The number of rotatable bonds is 5. The Morgan fingerprint density at radius 3 is 2.65 bits per heavy atom. The predicted octanol–water partition coefficient (Wildman–Crippen LogP) is 2.57. The Bertz CT molecular complexity index is 866. The molecule has 0 saturated carbocycles. The van der Waals surface area contributed by atoms with Gasteiger partial charge >= 0.3 is 0 Å². The topological polar surface area (TPSA) is 79.4 Å². The molecule has 1 aromatic carbocycles. The molecular weight excluding hydrogens is 374 g/mol. The number of halogens is 1. The van der Waals surface area contributed by atoms with Gasteiger partial charge in [-0.25, -0.2) is 13.1 Å². The molecule has 1 aliphatic heterocycles. The first kappa shape index (κ1) is 18.8. The van der Waals surface area contributed by atoms with Gasteiger partial charge in [-0.15, -0.1) is 0 Å². The zero-order valence-electron chi connectivity index (χ0n) is 14.1. The summed E-state index contributed by atoms with van der Waals surface area (Å²) in [4.78, 5) is 18.3. The van der Waals surface area contributed by atoms with Crippen molar-refractivity contribution in [2.24, 2.45) is 5.92 Å². The molecule has 0 bridgehead atoms. The first-order valence-electron chi connectivity index (χ1n) is 8.40. The van der Waals surface area contributed by atoms with Crippen LogP contribution in [-0.4, -0.2) is 43.8 Å². The minimum absolute atomic E-state index is 0.0314. The van der Waals surface area contributed by atoms with Crippen LogP contribution in [0.25, 0.3) is 0 Å². The van der Waals surface area contributed by atoms with Gasteiger partial charge in [-0.2, -0.15) is 0 Å². The largest absolute Gasteiger partial charge is 0.339 e. The van der Waals surface area contributed by atoms with Crippen LogP contribution in [-0.2, 0) is 10.0 Å². The average Bonchev–Trinajstić information content (AvgIpc) is 2.67. The van der Waals surface area contributed by atoms with E-state index in [-0.39, 0.29) is 16.7 Å². The molecule has 0 radical (unpaired) electrons. The number of piperidine rings is 1. The molecule has 0 unspecified atom stereocenters. The van der Waals surface area contributed by atoms with Crippen LogP contribution in [0.15, 0.2) is 53.7 Å². The second-order valence-electron chi connectivity index (χ2n) is 6.29. The fourth-order valence-corrected chi connectivity index (χ4v) is 4.37. The summed E-state index contributed by atoms with van der Waals surface area (Å²) in [6, 6.07) is 9.68. The number of likely N-dealkylation sites (tertiary alicyclic amines) is 1. The number of carbonyl (C=O) groups excluding carboxylic acids is 1. The lowest BCUT2D eigenvalue weighted by Crippen LogP contribution is -2.41. The normalized spacial score (nSPS) is 15.8. The van der Waals surface area contributed by atoms with Crippen molar-refractivity contribution in [2.45, 2.75) is 17.7 Å². The number of carbonyl (C=O) groups is 1. The molecule has 1 fully saturated rings. The lowest BCUT2D eigenvalue weighted by atomic mass is 9.97. The van der Waals surface area contributed by atoms with Crippen LogP contribution in [0.5, 0.6) is 0 Å². The molecule has 1 N–H and O–H groups in total. The minimum Gasteiger partial charge on any atom is -0.339 e. The molecule has 1 aromatic heterocycles. The SMILES string of the molecule is O=C(c1cccnc1)N1CCC(CNS(=O)(=O)c2cccc(Cl)c2)CC1. The number of aromatic nitrogens is 1. The van der Waals surface area contributed by atoms with Gasteiger partial charge < -0.3 is 4.90 Å². The zero-order valence-corrected chi connectivity index (χ0v) is 15.7. The molecule has 138 valence electrons. The van der Waals surface area contributed by atoms with Crippen LogP contribution >= 0.6 is 11.6 Å². The minimum atomic E-state index is -3.58.